The van der Waals surface area contributed by atoms with Gasteiger partial charge >= 0.3 is 0 Å². The summed E-state index contributed by atoms with van der Waals surface area (Å²) < 4.78 is 12.2. The Kier molecular flexibility index (Phi) is 7.51. The van der Waals surface area contributed by atoms with Crippen molar-refractivity contribution in [3.05, 3.63) is 12.2 Å². The average Bonchev–Trinajstić information content (AvgIpc) is 2.84. The summed E-state index contributed by atoms with van der Waals surface area (Å²) in [7, 11) is 1.66. The Balaban J connectivity index is 2.29. The third-order valence-corrected chi connectivity index (χ3v) is 2.70. The second kappa shape index (κ2) is 8.98. The lowest BCUT2D eigenvalue weighted by molar-refractivity contribution is 0.0657. The fourth-order valence-corrected chi connectivity index (χ4v) is 1.64. The molecule has 0 saturated heterocycles. The van der Waals surface area contributed by atoms with Crippen molar-refractivity contribution < 1.29 is 9.47 Å². The molecule has 0 aliphatic rings. The number of nitrogens with one attached hydrogen (secondary N) is 1. The minimum atomic E-state index is 0.141. The lowest BCUT2D eigenvalue weighted by Gasteiger charge is -2.15. The summed E-state index contributed by atoms with van der Waals surface area (Å²) in [6.45, 7) is 4.73. The number of hydrazine groups is 1. The third kappa shape index (κ3) is 5.09. The van der Waals surface area contributed by atoms with Gasteiger partial charge in [0.15, 0.2) is 0 Å². The molecule has 0 aromatic carbocycles. The van der Waals surface area contributed by atoms with Crippen molar-refractivity contribution in [1.29, 1.82) is 0 Å². The highest BCUT2D eigenvalue weighted by Crippen LogP contribution is 2.02. The molecule has 0 aliphatic carbocycles. The summed E-state index contributed by atoms with van der Waals surface area (Å²) in [5.41, 5.74) is 2.79. The lowest BCUT2D eigenvalue weighted by atomic mass is 10.1. The van der Waals surface area contributed by atoms with E-state index in [2.05, 4.69) is 15.5 Å². The first-order valence-electron chi connectivity index (χ1n) is 6.21. The van der Waals surface area contributed by atoms with Gasteiger partial charge < -0.3 is 9.47 Å². The number of ether oxygens (including phenoxy) is 2. The molecule has 1 rings (SSSR count). The van der Waals surface area contributed by atoms with Gasteiger partial charge in [0.1, 0.15) is 12.2 Å². The SMILES string of the molecule is CCn1ncnc1CC(CCOCCOC)NN. The largest absolute Gasteiger partial charge is 0.382 e. The highest BCUT2D eigenvalue weighted by atomic mass is 16.5. The van der Waals surface area contributed by atoms with E-state index in [9.17, 15) is 0 Å². The molecule has 0 saturated carbocycles. The van der Waals surface area contributed by atoms with Crippen LogP contribution in [0, 0.1) is 0 Å². The summed E-state index contributed by atoms with van der Waals surface area (Å²) in [6.07, 6.45) is 3.15. The number of aryl methyl sites for hydroxylation is 1. The Morgan fingerprint density at radius 3 is 2.94 bits per heavy atom. The molecule has 0 bridgehead atoms. The molecular weight excluding hydrogens is 234 g/mol. The van der Waals surface area contributed by atoms with Gasteiger partial charge in [0, 0.05) is 32.7 Å². The van der Waals surface area contributed by atoms with Crippen LogP contribution in [-0.4, -0.2) is 47.7 Å². The van der Waals surface area contributed by atoms with Gasteiger partial charge in [0.05, 0.1) is 13.2 Å². The Morgan fingerprint density at radius 1 is 1.44 bits per heavy atom. The first-order chi connectivity index (χ1) is 8.81. The Bertz CT molecular complexity index is 318. The quantitative estimate of drug-likeness (QED) is 0.341. The average molecular weight is 257 g/mol. The van der Waals surface area contributed by atoms with Gasteiger partial charge in [-0.1, -0.05) is 0 Å². The molecule has 1 unspecified atom stereocenters. The molecular formula is C11H23N5O2. The van der Waals surface area contributed by atoms with Crippen molar-refractivity contribution >= 4 is 0 Å². The molecule has 1 atom stereocenters. The summed E-state index contributed by atoms with van der Waals surface area (Å²) >= 11 is 0. The molecule has 3 N–H and O–H groups in total. The summed E-state index contributed by atoms with van der Waals surface area (Å²) in [5.74, 6) is 6.48. The van der Waals surface area contributed by atoms with E-state index in [1.165, 1.54) is 0 Å². The number of methoxy groups -OCH3 is 1. The van der Waals surface area contributed by atoms with Crippen molar-refractivity contribution in [1.82, 2.24) is 20.2 Å². The Hall–Kier alpha value is -1.02. The van der Waals surface area contributed by atoms with Gasteiger partial charge in [-0.2, -0.15) is 5.10 Å². The van der Waals surface area contributed by atoms with Crippen molar-refractivity contribution in [3.63, 3.8) is 0 Å². The van der Waals surface area contributed by atoms with E-state index in [-0.39, 0.29) is 6.04 Å². The molecule has 1 aromatic rings. The number of aromatic nitrogens is 3. The highest BCUT2D eigenvalue weighted by Gasteiger charge is 2.12. The first kappa shape index (κ1) is 15.0. The topological polar surface area (TPSA) is 87.2 Å². The minimum Gasteiger partial charge on any atom is -0.382 e. The van der Waals surface area contributed by atoms with Crippen molar-refractivity contribution in [2.24, 2.45) is 5.84 Å². The van der Waals surface area contributed by atoms with Crippen LogP contribution in [0.25, 0.3) is 0 Å². The molecule has 1 heterocycles. The van der Waals surface area contributed by atoms with Crippen LogP contribution in [-0.2, 0) is 22.4 Å². The Morgan fingerprint density at radius 2 is 2.28 bits per heavy atom. The van der Waals surface area contributed by atoms with Crippen molar-refractivity contribution in [2.45, 2.75) is 32.4 Å². The number of hydrogen-bond acceptors (Lipinski definition) is 6. The molecule has 104 valence electrons. The zero-order valence-electron chi connectivity index (χ0n) is 11.1. The second-order valence-corrected chi connectivity index (χ2v) is 3.95. The smallest absolute Gasteiger partial charge is 0.138 e. The monoisotopic (exact) mass is 257 g/mol. The van der Waals surface area contributed by atoms with Crippen LogP contribution in [0.15, 0.2) is 6.33 Å². The van der Waals surface area contributed by atoms with E-state index < -0.39 is 0 Å². The summed E-state index contributed by atoms with van der Waals surface area (Å²) in [5, 5.41) is 4.13. The number of rotatable bonds is 10. The normalized spacial score (nSPS) is 12.8. The molecule has 18 heavy (non-hydrogen) atoms. The van der Waals surface area contributed by atoms with E-state index in [0.717, 1.165) is 25.2 Å². The fourth-order valence-electron chi connectivity index (χ4n) is 1.64. The van der Waals surface area contributed by atoms with Gasteiger partial charge in [-0.25, -0.2) is 4.98 Å². The first-order valence-corrected chi connectivity index (χ1v) is 6.21. The van der Waals surface area contributed by atoms with Crippen molar-refractivity contribution in [3.8, 4) is 0 Å². The van der Waals surface area contributed by atoms with Crippen LogP contribution in [0.4, 0.5) is 0 Å². The van der Waals surface area contributed by atoms with Crippen LogP contribution in [0.3, 0.4) is 0 Å². The number of nitrogens with two attached hydrogens (primary N) is 1. The van der Waals surface area contributed by atoms with Crippen LogP contribution < -0.4 is 11.3 Å². The van der Waals surface area contributed by atoms with Crippen LogP contribution >= 0.6 is 0 Å². The van der Waals surface area contributed by atoms with Crippen LogP contribution in [0.2, 0.25) is 0 Å². The van der Waals surface area contributed by atoms with E-state index >= 15 is 0 Å². The summed E-state index contributed by atoms with van der Waals surface area (Å²) in [4.78, 5) is 4.23. The van der Waals surface area contributed by atoms with Gasteiger partial charge in [-0.15, -0.1) is 0 Å². The minimum absolute atomic E-state index is 0.141. The van der Waals surface area contributed by atoms with Gasteiger partial charge in [0.2, 0.25) is 0 Å². The van der Waals surface area contributed by atoms with Gasteiger partial charge in [-0.05, 0) is 13.3 Å². The van der Waals surface area contributed by atoms with E-state index in [1.54, 1.807) is 13.4 Å². The lowest BCUT2D eigenvalue weighted by Crippen LogP contribution is -2.38. The molecule has 0 spiro atoms. The third-order valence-electron chi connectivity index (χ3n) is 2.70. The predicted molar refractivity (Wildman–Crippen MR) is 67.8 cm³/mol. The van der Waals surface area contributed by atoms with Gasteiger partial charge in [0.25, 0.3) is 0 Å². The highest BCUT2D eigenvalue weighted by molar-refractivity contribution is 4.89. The van der Waals surface area contributed by atoms with Crippen LogP contribution in [0.5, 0.6) is 0 Å². The maximum Gasteiger partial charge on any atom is 0.138 e. The molecule has 7 nitrogen and oxygen atoms in total. The Labute approximate surface area is 108 Å². The summed E-state index contributed by atoms with van der Waals surface area (Å²) in [6, 6.07) is 0.141. The second-order valence-electron chi connectivity index (χ2n) is 3.95. The zero-order valence-corrected chi connectivity index (χ0v) is 11.1. The molecule has 1 aromatic heterocycles. The molecule has 0 fully saturated rings. The van der Waals surface area contributed by atoms with E-state index in [1.807, 2.05) is 11.6 Å². The number of nitrogens with zero attached hydrogens (tertiary/aromatic N) is 3. The standard InChI is InChI=1S/C11H23N5O2/c1-3-16-11(13-9-14-16)8-10(15-12)4-5-18-7-6-17-2/h9-10,15H,3-8,12H2,1-2H3. The molecule has 7 heteroatoms. The molecule has 0 aliphatic heterocycles. The maximum atomic E-state index is 5.53. The molecule has 0 amide bonds. The predicted octanol–water partition coefficient (Wildman–Crippen LogP) is -0.274. The number of hydrogen-bond donors (Lipinski definition) is 2. The van der Waals surface area contributed by atoms with Crippen LogP contribution in [0.1, 0.15) is 19.2 Å². The molecule has 0 radical (unpaired) electrons. The van der Waals surface area contributed by atoms with E-state index in [0.29, 0.717) is 19.8 Å². The van der Waals surface area contributed by atoms with E-state index in [4.69, 9.17) is 15.3 Å². The zero-order chi connectivity index (χ0) is 13.2. The van der Waals surface area contributed by atoms with Gasteiger partial charge in [-0.3, -0.25) is 16.0 Å². The van der Waals surface area contributed by atoms with Crippen molar-refractivity contribution in [2.75, 3.05) is 26.9 Å². The maximum absolute atomic E-state index is 5.53. The fraction of sp³-hybridized carbons (Fsp3) is 0.818.